The number of rotatable bonds is 4. The molecule has 1 aliphatic heterocycles. The zero-order chi connectivity index (χ0) is 13.2. The van der Waals surface area contributed by atoms with Gasteiger partial charge in [-0.05, 0) is 47.0 Å². The van der Waals surface area contributed by atoms with Crippen molar-refractivity contribution in [3.05, 3.63) is 28.5 Å². The maximum atomic E-state index is 12.9. The molecule has 1 aromatic carbocycles. The first-order chi connectivity index (χ1) is 8.46. The van der Waals surface area contributed by atoms with E-state index < -0.39 is 15.8 Å². The second kappa shape index (κ2) is 5.54. The molecule has 1 atom stereocenters. The molecule has 1 fully saturated rings. The van der Waals surface area contributed by atoms with Gasteiger partial charge in [-0.1, -0.05) is 0 Å². The predicted molar refractivity (Wildman–Crippen MR) is 70.5 cm³/mol. The molecule has 0 radical (unpaired) electrons. The van der Waals surface area contributed by atoms with Gasteiger partial charge in [0.05, 0.1) is 17.5 Å². The minimum absolute atomic E-state index is 0.0726. The van der Waals surface area contributed by atoms with Crippen molar-refractivity contribution in [2.45, 2.75) is 18.9 Å². The molecule has 0 bridgehead atoms. The minimum Gasteiger partial charge on any atom is -0.377 e. The fourth-order valence-electron chi connectivity index (χ4n) is 1.80. The molecule has 18 heavy (non-hydrogen) atoms. The largest absolute Gasteiger partial charge is 0.377 e. The molecule has 1 saturated heterocycles. The number of hydrogen-bond acceptors (Lipinski definition) is 3. The summed E-state index contributed by atoms with van der Waals surface area (Å²) in [5.74, 6) is -0.500. The molecule has 1 aromatic rings. The number of halogens is 2. The van der Waals surface area contributed by atoms with Crippen LogP contribution in [0.3, 0.4) is 0 Å². The van der Waals surface area contributed by atoms with Crippen LogP contribution in [0.2, 0.25) is 0 Å². The lowest BCUT2D eigenvalue weighted by atomic mass is 10.3. The molecule has 4 nitrogen and oxygen atoms in total. The molecular formula is C11H13BrFNO3S. The zero-order valence-electron chi connectivity index (χ0n) is 9.53. The summed E-state index contributed by atoms with van der Waals surface area (Å²) in [6, 6.07) is 3.80. The van der Waals surface area contributed by atoms with Crippen LogP contribution in [-0.4, -0.2) is 26.9 Å². The lowest BCUT2D eigenvalue weighted by Gasteiger charge is -2.13. The highest BCUT2D eigenvalue weighted by Gasteiger charge is 2.23. The van der Waals surface area contributed by atoms with E-state index in [1.165, 1.54) is 18.2 Å². The molecule has 0 spiro atoms. The van der Waals surface area contributed by atoms with Crippen LogP contribution < -0.4 is 4.72 Å². The topological polar surface area (TPSA) is 55.4 Å². The molecule has 2 rings (SSSR count). The maximum Gasteiger partial charge on any atom is 0.235 e. The normalized spacial score (nSPS) is 20.0. The summed E-state index contributed by atoms with van der Waals surface area (Å²) in [5, 5.41) is 0. The van der Waals surface area contributed by atoms with Crippen LogP contribution in [0.1, 0.15) is 12.8 Å². The van der Waals surface area contributed by atoms with Gasteiger partial charge >= 0.3 is 0 Å². The van der Waals surface area contributed by atoms with E-state index in [2.05, 4.69) is 20.7 Å². The molecule has 1 aliphatic rings. The first-order valence-corrected chi connectivity index (χ1v) is 7.98. The summed E-state index contributed by atoms with van der Waals surface area (Å²) in [6.07, 6.45) is 1.40. The first kappa shape index (κ1) is 13.8. The van der Waals surface area contributed by atoms with E-state index in [1.54, 1.807) is 0 Å². The lowest BCUT2D eigenvalue weighted by Crippen LogP contribution is -2.25. The third-order valence-electron chi connectivity index (χ3n) is 2.63. The standard InChI is InChI=1S/C11H13BrFNO3S/c12-10-6-8(13)3-4-11(10)14-18(15,16)7-9-2-1-5-17-9/h3-4,6,9,14H,1-2,5,7H2. The number of hydrogen-bond donors (Lipinski definition) is 1. The first-order valence-electron chi connectivity index (χ1n) is 5.53. The van der Waals surface area contributed by atoms with Gasteiger partial charge in [0.25, 0.3) is 0 Å². The maximum absolute atomic E-state index is 12.9. The molecule has 0 saturated carbocycles. The average Bonchev–Trinajstić information content (AvgIpc) is 2.74. The Bertz CT molecular complexity index is 529. The van der Waals surface area contributed by atoms with Crippen LogP contribution in [0.5, 0.6) is 0 Å². The summed E-state index contributed by atoms with van der Waals surface area (Å²) in [4.78, 5) is 0. The average molecular weight is 338 g/mol. The Kier molecular flexibility index (Phi) is 4.24. The van der Waals surface area contributed by atoms with E-state index in [-0.39, 0.29) is 11.9 Å². The summed E-state index contributed by atoms with van der Waals surface area (Å²) in [6.45, 7) is 0.612. The van der Waals surface area contributed by atoms with Crippen LogP contribution in [0.15, 0.2) is 22.7 Å². The summed E-state index contributed by atoms with van der Waals surface area (Å²) in [5.41, 5.74) is 0.328. The van der Waals surface area contributed by atoms with Crippen LogP contribution in [0.25, 0.3) is 0 Å². The van der Waals surface area contributed by atoms with E-state index in [1.807, 2.05) is 0 Å². The van der Waals surface area contributed by atoms with Crippen molar-refractivity contribution in [1.82, 2.24) is 0 Å². The molecule has 0 amide bonds. The summed E-state index contributed by atoms with van der Waals surface area (Å²) >= 11 is 3.11. The van der Waals surface area contributed by atoms with E-state index in [0.29, 0.717) is 16.8 Å². The Morgan fingerprint density at radius 3 is 2.89 bits per heavy atom. The van der Waals surface area contributed by atoms with Gasteiger partial charge in [0.15, 0.2) is 0 Å². The van der Waals surface area contributed by atoms with Gasteiger partial charge in [0.1, 0.15) is 5.82 Å². The highest BCUT2D eigenvalue weighted by molar-refractivity contribution is 9.10. The number of benzene rings is 1. The summed E-state index contributed by atoms with van der Waals surface area (Å²) in [7, 11) is -3.48. The second-order valence-electron chi connectivity index (χ2n) is 4.14. The lowest BCUT2D eigenvalue weighted by molar-refractivity contribution is 0.127. The second-order valence-corrected chi connectivity index (χ2v) is 6.76. The molecular weight excluding hydrogens is 325 g/mol. The Balaban J connectivity index is 2.07. The fraction of sp³-hybridized carbons (Fsp3) is 0.455. The van der Waals surface area contributed by atoms with Crippen molar-refractivity contribution in [2.24, 2.45) is 0 Å². The number of sulfonamides is 1. The van der Waals surface area contributed by atoms with Crippen LogP contribution in [0, 0.1) is 5.82 Å². The third kappa shape index (κ3) is 3.66. The van der Waals surface area contributed by atoms with E-state index in [0.717, 1.165) is 12.8 Å². The molecule has 1 unspecified atom stereocenters. The molecule has 1 heterocycles. The SMILES string of the molecule is O=S(=O)(CC1CCCO1)Nc1ccc(F)cc1Br. The molecule has 100 valence electrons. The molecule has 0 aliphatic carbocycles. The van der Waals surface area contributed by atoms with Gasteiger partial charge in [-0.15, -0.1) is 0 Å². The Morgan fingerprint density at radius 2 is 2.28 bits per heavy atom. The van der Waals surface area contributed by atoms with Gasteiger partial charge in [-0.3, -0.25) is 4.72 Å². The highest BCUT2D eigenvalue weighted by atomic mass is 79.9. The third-order valence-corrected chi connectivity index (χ3v) is 4.62. The molecule has 1 N–H and O–H groups in total. The van der Waals surface area contributed by atoms with Gasteiger partial charge in [-0.2, -0.15) is 0 Å². The predicted octanol–water partition coefficient (Wildman–Crippen LogP) is 2.51. The fourth-order valence-corrected chi connectivity index (χ4v) is 3.73. The van der Waals surface area contributed by atoms with Gasteiger partial charge in [0.2, 0.25) is 10.0 Å². The number of nitrogens with one attached hydrogen (secondary N) is 1. The van der Waals surface area contributed by atoms with E-state index in [4.69, 9.17) is 4.74 Å². The number of anilines is 1. The van der Waals surface area contributed by atoms with Crippen molar-refractivity contribution in [2.75, 3.05) is 17.1 Å². The monoisotopic (exact) mass is 337 g/mol. The smallest absolute Gasteiger partial charge is 0.235 e. The van der Waals surface area contributed by atoms with Crippen molar-refractivity contribution >= 4 is 31.6 Å². The van der Waals surface area contributed by atoms with Gasteiger partial charge < -0.3 is 4.74 Å². The number of ether oxygens (including phenoxy) is 1. The van der Waals surface area contributed by atoms with Crippen molar-refractivity contribution in [1.29, 1.82) is 0 Å². The zero-order valence-corrected chi connectivity index (χ0v) is 11.9. The van der Waals surface area contributed by atoms with Crippen molar-refractivity contribution in [3.8, 4) is 0 Å². The van der Waals surface area contributed by atoms with E-state index in [9.17, 15) is 12.8 Å². The summed E-state index contributed by atoms with van der Waals surface area (Å²) < 4.78 is 44.7. The van der Waals surface area contributed by atoms with Crippen molar-refractivity contribution in [3.63, 3.8) is 0 Å². The Labute approximate surface area is 114 Å². The van der Waals surface area contributed by atoms with Gasteiger partial charge in [-0.25, -0.2) is 12.8 Å². The molecule has 0 aromatic heterocycles. The molecule has 7 heteroatoms. The van der Waals surface area contributed by atoms with E-state index >= 15 is 0 Å². The minimum atomic E-state index is -3.48. The van der Waals surface area contributed by atoms with Crippen LogP contribution in [-0.2, 0) is 14.8 Å². The van der Waals surface area contributed by atoms with Crippen molar-refractivity contribution < 1.29 is 17.5 Å². The van der Waals surface area contributed by atoms with Crippen LogP contribution in [0.4, 0.5) is 10.1 Å². The quantitative estimate of drug-likeness (QED) is 0.918. The highest BCUT2D eigenvalue weighted by Crippen LogP contribution is 2.24. The van der Waals surface area contributed by atoms with Gasteiger partial charge in [0, 0.05) is 11.1 Å². The van der Waals surface area contributed by atoms with Crippen LogP contribution >= 0.6 is 15.9 Å². The Hall–Kier alpha value is -0.660. The Morgan fingerprint density at radius 1 is 1.50 bits per heavy atom.